The highest BCUT2D eigenvalue weighted by atomic mass is 16.6. The standard InChI is InChI=1S/C14H16N2O5/c1-8-6-11(16(20)21)4-5-12(8)15-13(17)9-2-3-10(7-9)14(18)19/h4-6,9-10H,2-3,7H2,1H3,(H,15,17)(H,18,19)/t9-,10+/m1/s1. The van der Waals surface area contributed by atoms with Crippen LogP contribution in [-0.2, 0) is 9.59 Å². The molecular formula is C14H16N2O5. The quantitative estimate of drug-likeness (QED) is 0.653. The molecule has 0 aromatic heterocycles. The fourth-order valence-corrected chi connectivity index (χ4v) is 2.58. The summed E-state index contributed by atoms with van der Waals surface area (Å²) in [7, 11) is 0. The molecule has 0 radical (unpaired) electrons. The van der Waals surface area contributed by atoms with E-state index in [0.29, 0.717) is 30.5 Å². The van der Waals surface area contributed by atoms with Gasteiger partial charge in [-0.15, -0.1) is 0 Å². The summed E-state index contributed by atoms with van der Waals surface area (Å²) in [5.41, 5.74) is 1.09. The van der Waals surface area contributed by atoms with Crippen molar-refractivity contribution in [3.8, 4) is 0 Å². The molecule has 0 saturated heterocycles. The van der Waals surface area contributed by atoms with Gasteiger partial charge in [-0.2, -0.15) is 0 Å². The molecule has 0 aliphatic heterocycles. The molecule has 1 aliphatic rings. The topological polar surface area (TPSA) is 110 Å². The van der Waals surface area contributed by atoms with Gasteiger partial charge < -0.3 is 10.4 Å². The van der Waals surface area contributed by atoms with Crippen molar-refractivity contribution in [3.63, 3.8) is 0 Å². The molecule has 1 fully saturated rings. The second kappa shape index (κ2) is 5.90. The maximum Gasteiger partial charge on any atom is 0.306 e. The Morgan fingerprint density at radius 3 is 2.52 bits per heavy atom. The monoisotopic (exact) mass is 292 g/mol. The van der Waals surface area contributed by atoms with Gasteiger partial charge in [0.2, 0.25) is 5.91 Å². The van der Waals surface area contributed by atoms with E-state index >= 15 is 0 Å². The highest BCUT2D eigenvalue weighted by Crippen LogP contribution is 2.32. The zero-order chi connectivity index (χ0) is 15.6. The number of nitro benzene ring substituents is 1. The van der Waals surface area contributed by atoms with E-state index in [4.69, 9.17) is 5.11 Å². The molecule has 21 heavy (non-hydrogen) atoms. The van der Waals surface area contributed by atoms with Crippen LogP contribution in [0.25, 0.3) is 0 Å². The Bertz CT molecular complexity index is 599. The first kappa shape index (κ1) is 15.0. The first-order valence-corrected chi connectivity index (χ1v) is 6.67. The SMILES string of the molecule is Cc1cc([N+](=O)[O-])ccc1NC(=O)[C@@H]1CC[C@H](C(=O)O)C1. The number of nitrogens with zero attached hydrogens (tertiary/aromatic N) is 1. The molecule has 2 rings (SSSR count). The molecular weight excluding hydrogens is 276 g/mol. The molecule has 0 unspecified atom stereocenters. The summed E-state index contributed by atoms with van der Waals surface area (Å²) < 4.78 is 0. The summed E-state index contributed by atoms with van der Waals surface area (Å²) in [4.78, 5) is 33.2. The Labute approximate surface area is 121 Å². The summed E-state index contributed by atoms with van der Waals surface area (Å²) in [6, 6.07) is 4.22. The zero-order valence-corrected chi connectivity index (χ0v) is 11.5. The summed E-state index contributed by atoms with van der Waals surface area (Å²) in [6.45, 7) is 1.68. The number of rotatable bonds is 4. The van der Waals surface area contributed by atoms with Crippen LogP contribution in [0.3, 0.4) is 0 Å². The van der Waals surface area contributed by atoms with Crippen LogP contribution in [-0.4, -0.2) is 21.9 Å². The molecule has 0 heterocycles. The molecule has 112 valence electrons. The maximum absolute atomic E-state index is 12.1. The van der Waals surface area contributed by atoms with Crippen molar-refractivity contribution >= 4 is 23.3 Å². The number of hydrogen-bond acceptors (Lipinski definition) is 4. The lowest BCUT2D eigenvalue weighted by molar-refractivity contribution is -0.384. The van der Waals surface area contributed by atoms with Crippen LogP contribution in [0, 0.1) is 28.9 Å². The normalized spacial score (nSPS) is 21.0. The second-order valence-electron chi connectivity index (χ2n) is 5.29. The number of aryl methyl sites for hydroxylation is 1. The number of nitro groups is 1. The number of carboxylic acid groups (broad SMARTS) is 1. The third kappa shape index (κ3) is 3.36. The van der Waals surface area contributed by atoms with Gasteiger partial charge in [-0.05, 0) is 37.8 Å². The fraction of sp³-hybridized carbons (Fsp3) is 0.429. The van der Waals surface area contributed by atoms with Crippen LogP contribution < -0.4 is 5.32 Å². The Balaban J connectivity index is 2.03. The number of carbonyl (C=O) groups excluding carboxylic acids is 1. The first-order chi connectivity index (χ1) is 9.88. The molecule has 0 bridgehead atoms. The van der Waals surface area contributed by atoms with Crippen molar-refractivity contribution in [2.75, 3.05) is 5.32 Å². The molecule has 1 aliphatic carbocycles. The van der Waals surface area contributed by atoms with Gasteiger partial charge >= 0.3 is 5.97 Å². The maximum atomic E-state index is 12.1. The predicted molar refractivity (Wildman–Crippen MR) is 74.9 cm³/mol. The summed E-state index contributed by atoms with van der Waals surface area (Å²) >= 11 is 0. The minimum atomic E-state index is -0.864. The summed E-state index contributed by atoms with van der Waals surface area (Å²) in [6.07, 6.45) is 1.40. The number of non-ortho nitro benzene ring substituents is 1. The molecule has 1 aromatic carbocycles. The van der Waals surface area contributed by atoms with Crippen molar-refractivity contribution in [1.82, 2.24) is 0 Å². The van der Waals surface area contributed by atoms with Crippen LogP contribution >= 0.6 is 0 Å². The number of nitrogens with one attached hydrogen (secondary N) is 1. The van der Waals surface area contributed by atoms with Gasteiger partial charge in [0, 0.05) is 23.7 Å². The number of carboxylic acids is 1. The number of carbonyl (C=O) groups is 2. The number of amides is 1. The highest BCUT2D eigenvalue weighted by Gasteiger charge is 2.33. The molecule has 1 aromatic rings. The van der Waals surface area contributed by atoms with Crippen molar-refractivity contribution in [2.45, 2.75) is 26.2 Å². The lowest BCUT2D eigenvalue weighted by Gasteiger charge is -2.12. The Morgan fingerprint density at radius 1 is 1.33 bits per heavy atom. The Kier molecular flexibility index (Phi) is 4.21. The smallest absolute Gasteiger partial charge is 0.306 e. The highest BCUT2D eigenvalue weighted by molar-refractivity contribution is 5.94. The van der Waals surface area contributed by atoms with Gasteiger partial charge in [-0.3, -0.25) is 19.7 Å². The molecule has 0 spiro atoms. The predicted octanol–water partition coefficient (Wildman–Crippen LogP) is 2.34. The van der Waals surface area contributed by atoms with Crippen molar-refractivity contribution < 1.29 is 19.6 Å². The summed E-state index contributed by atoms with van der Waals surface area (Å²) in [5.74, 6) is -1.87. The van der Waals surface area contributed by atoms with Crippen molar-refractivity contribution in [1.29, 1.82) is 0 Å². The molecule has 7 nitrogen and oxygen atoms in total. The van der Waals surface area contributed by atoms with E-state index in [1.165, 1.54) is 18.2 Å². The molecule has 1 amide bonds. The van der Waals surface area contributed by atoms with E-state index in [2.05, 4.69) is 5.32 Å². The molecule has 7 heteroatoms. The Morgan fingerprint density at radius 2 is 2.00 bits per heavy atom. The third-order valence-electron chi connectivity index (χ3n) is 3.83. The summed E-state index contributed by atoms with van der Waals surface area (Å²) in [5, 5.41) is 22.3. The number of benzene rings is 1. The second-order valence-corrected chi connectivity index (χ2v) is 5.29. The molecule has 1 saturated carbocycles. The van der Waals surface area contributed by atoms with Gasteiger partial charge in [-0.25, -0.2) is 0 Å². The minimum Gasteiger partial charge on any atom is -0.481 e. The van der Waals surface area contributed by atoms with E-state index in [-0.39, 0.29) is 17.5 Å². The molecule has 2 N–H and O–H groups in total. The van der Waals surface area contributed by atoms with Crippen LogP contribution in [0.4, 0.5) is 11.4 Å². The van der Waals surface area contributed by atoms with Gasteiger partial charge in [0.05, 0.1) is 10.8 Å². The van der Waals surface area contributed by atoms with E-state index in [0.717, 1.165) is 0 Å². The van der Waals surface area contributed by atoms with Crippen LogP contribution in [0.2, 0.25) is 0 Å². The average molecular weight is 292 g/mol. The average Bonchev–Trinajstić information content (AvgIpc) is 2.90. The zero-order valence-electron chi connectivity index (χ0n) is 11.5. The van der Waals surface area contributed by atoms with Gasteiger partial charge in [0.25, 0.3) is 5.69 Å². The van der Waals surface area contributed by atoms with Gasteiger partial charge in [0.15, 0.2) is 0 Å². The van der Waals surface area contributed by atoms with Crippen LogP contribution in [0.1, 0.15) is 24.8 Å². The van der Waals surface area contributed by atoms with E-state index < -0.39 is 16.8 Å². The van der Waals surface area contributed by atoms with E-state index in [9.17, 15) is 19.7 Å². The molecule has 2 atom stereocenters. The van der Waals surface area contributed by atoms with E-state index in [1.54, 1.807) is 6.92 Å². The van der Waals surface area contributed by atoms with Crippen molar-refractivity contribution in [3.05, 3.63) is 33.9 Å². The Hall–Kier alpha value is -2.44. The fourth-order valence-electron chi connectivity index (χ4n) is 2.58. The lowest BCUT2D eigenvalue weighted by atomic mass is 10.0. The third-order valence-corrected chi connectivity index (χ3v) is 3.83. The number of anilines is 1. The number of hydrogen-bond donors (Lipinski definition) is 2. The first-order valence-electron chi connectivity index (χ1n) is 6.67. The minimum absolute atomic E-state index is 0.0303. The van der Waals surface area contributed by atoms with Crippen LogP contribution in [0.15, 0.2) is 18.2 Å². The number of aliphatic carboxylic acids is 1. The van der Waals surface area contributed by atoms with Crippen LogP contribution in [0.5, 0.6) is 0 Å². The lowest BCUT2D eigenvalue weighted by Crippen LogP contribution is -2.22. The van der Waals surface area contributed by atoms with Crippen molar-refractivity contribution in [2.24, 2.45) is 11.8 Å². The van der Waals surface area contributed by atoms with Gasteiger partial charge in [0.1, 0.15) is 0 Å². The van der Waals surface area contributed by atoms with E-state index in [1.807, 2.05) is 0 Å². The largest absolute Gasteiger partial charge is 0.481 e. The van der Waals surface area contributed by atoms with Gasteiger partial charge in [-0.1, -0.05) is 0 Å².